The molecule has 2 aromatic carbocycles. The zero-order valence-electron chi connectivity index (χ0n) is 12.2. The molecule has 5 heteroatoms. The van der Waals surface area contributed by atoms with Crippen LogP contribution < -0.4 is 4.74 Å². The summed E-state index contributed by atoms with van der Waals surface area (Å²) in [6, 6.07) is 11.2. The number of aromatic amines is 1. The summed E-state index contributed by atoms with van der Waals surface area (Å²) in [4.78, 5) is 7.34. The van der Waals surface area contributed by atoms with Crippen LogP contribution in [0.25, 0.3) is 10.9 Å². The van der Waals surface area contributed by atoms with Crippen molar-refractivity contribution in [3.8, 4) is 11.6 Å². The first kappa shape index (κ1) is 14.5. The number of benzene rings is 2. The average molecular weight is 315 g/mol. The number of hydrogen-bond acceptors (Lipinski definition) is 3. The predicted molar refractivity (Wildman–Crippen MR) is 90.0 cm³/mol. The molecule has 2 N–H and O–H groups in total. The molecule has 112 valence electrons. The van der Waals surface area contributed by atoms with Gasteiger partial charge in [-0.25, -0.2) is 0 Å². The van der Waals surface area contributed by atoms with Crippen molar-refractivity contribution in [1.82, 2.24) is 4.98 Å². The zero-order chi connectivity index (χ0) is 15.7. The van der Waals surface area contributed by atoms with Crippen molar-refractivity contribution in [2.75, 3.05) is 7.11 Å². The monoisotopic (exact) mass is 314 g/mol. The van der Waals surface area contributed by atoms with E-state index in [2.05, 4.69) is 9.98 Å². The van der Waals surface area contributed by atoms with Crippen molar-refractivity contribution >= 4 is 34.4 Å². The second kappa shape index (κ2) is 5.73. The third kappa shape index (κ3) is 2.65. The van der Waals surface area contributed by atoms with E-state index in [0.717, 1.165) is 16.5 Å². The molecular weight excluding hydrogens is 300 g/mol. The van der Waals surface area contributed by atoms with Crippen molar-refractivity contribution in [3.05, 3.63) is 52.5 Å². The molecule has 0 saturated heterocycles. The number of rotatable bonds is 3. The molecule has 0 radical (unpaired) electrons. The summed E-state index contributed by atoms with van der Waals surface area (Å²) in [5.41, 5.74) is 3.19. The average Bonchev–Trinajstić information content (AvgIpc) is 2.79. The summed E-state index contributed by atoms with van der Waals surface area (Å²) in [6.45, 7) is 1.99. The smallest absolute Gasteiger partial charge is 0.198 e. The minimum atomic E-state index is 0.0626. The van der Waals surface area contributed by atoms with Crippen molar-refractivity contribution in [3.63, 3.8) is 0 Å². The summed E-state index contributed by atoms with van der Waals surface area (Å²) in [5.74, 6) is 0.747. The maximum Gasteiger partial charge on any atom is 0.198 e. The van der Waals surface area contributed by atoms with E-state index in [1.807, 2.05) is 31.2 Å². The van der Waals surface area contributed by atoms with Crippen molar-refractivity contribution in [1.29, 1.82) is 0 Å². The summed E-state index contributed by atoms with van der Waals surface area (Å²) in [6.07, 6.45) is 1.62. The van der Waals surface area contributed by atoms with Crippen molar-refractivity contribution < 1.29 is 9.84 Å². The highest BCUT2D eigenvalue weighted by Crippen LogP contribution is 2.31. The molecule has 1 heterocycles. The Kier molecular flexibility index (Phi) is 3.77. The molecule has 0 bridgehead atoms. The molecule has 0 amide bonds. The van der Waals surface area contributed by atoms with Crippen LogP contribution in [-0.4, -0.2) is 23.4 Å². The zero-order valence-corrected chi connectivity index (χ0v) is 13.0. The topological polar surface area (TPSA) is 57.6 Å². The number of aromatic hydroxyl groups is 1. The molecule has 1 aromatic heterocycles. The summed E-state index contributed by atoms with van der Waals surface area (Å²) in [7, 11) is 1.61. The van der Waals surface area contributed by atoms with Gasteiger partial charge in [0.2, 0.25) is 0 Å². The van der Waals surface area contributed by atoms with Gasteiger partial charge in [-0.1, -0.05) is 23.7 Å². The molecule has 22 heavy (non-hydrogen) atoms. The lowest BCUT2D eigenvalue weighted by molar-refractivity contribution is 0.416. The first-order valence-corrected chi connectivity index (χ1v) is 7.15. The number of hydrogen-bond donors (Lipinski definition) is 2. The third-order valence-electron chi connectivity index (χ3n) is 3.45. The van der Waals surface area contributed by atoms with Gasteiger partial charge >= 0.3 is 0 Å². The number of aryl methyl sites for hydroxylation is 1. The van der Waals surface area contributed by atoms with E-state index in [1.165, 1.54) is 0 Å². The Morgan fingerprint density at radius 3 is 2.82 bits per heavy atom. The van der Waals surface area contributed by atoms with Crippen LogP contribution in [-0.2, 0) is 0 Å². The Balaban J connectivity index is 2.06. The molecule has 0 fully saturated rings. The SMILES string of the molecule is COc1ccc(C)cc1N=Cc1c(O)[nH]c2cc(Cl)ccc12. The van der Waals surface area contributed by atoms with E-state index >= 15 is 0 Å². The van der Waals surface area contributed by atoms with E-state index in [9.17, 15) is 5.11 Å². The molecule has 0 spiro atoms. The second-order valence-electron chi connectivity index (χ2n) is 5.01. The second-order valence-corrected chi connectivity index (χ2v) is 5.45. The van der Waals surface area contributed by atoms with E-state index in [1.54, 1.807) is 25.5 Å². The van der Waals surface area contributed by atoms with Gasteiger partial charge < -0.3 is 14.8 Å². The standard InChI is InChI=1S/C17H15ClN2O2/c1-10-3-6-16(22-2)15(7-10)19-9-13-12-5-4-11(18)8-14(12)20-17(13)21/h3-9,20-21H,1-2H3. The lowest BCUT2D eigenvalue weighted by Gasteiger charge is -2.04. The van der Waals surface area contributed by atoms with Crippen molar-refractivity contribution in [2.45, 2.75) is 6.92 Å². The molecule has 4 nitrogen and oxygen atoms in total. The number of halogens is 1. The number of nitrogens with one attached hydrogen (secondary N) is 1. The van der Waals surface area contributed by atoms with E-state index < -0.39 is 0 Å². The fourth-order valence-electron chi connectivity index (χ4n) is 2.34. The van der Waals surface area contributed by atoms with Gasteiger partial charge in [0, 0.05) is 16.6 Å². The Morgan fingerprint density at radius 2 is 2.05 bits per heavy atom. The van der Waals surface area contributed by atoms with Gasteiger partial charge in [-0.05, 0) is 36.8 Å². The first-order valence-electron chi connectivity index (χ1n) is 6.77. The number of H-pyrrole nitrogens is 1. The largest absolute Gasteiger partial charge is 0.494 e. The highest BCUT2D eigenvalue weighted by molar-refractivity contribution is 6.31. The highest BCUT2D eigenvalue weighted by atomic mass is 35.5. The summed E-state index contributed by atoms with van der Waals surface area (Å²) in [5, 5.41) is 11.5. The molecule has 0 atom stereocenters. The lowest BCUT2D eigenvalue weighted by atomic mass is 10.2. The molecule has 0 aliphatic rings. The Bertz CT molecular complexity index is 868. The van der Waals surface area contributed by atoms with Crippen molar-refractivity contribution in [2.24, 2.45) is 4.99 Å². The Labute approximate surface area is 133 Å². The predicted octanol–water partition coefficient (Wildman–Crippen LogP) is 4.59. The van der Waals surface area contributed by atoms with Gasteiger partial charge in [0.05, 0.1) is 18.2 Å². The minimum Gasteiger partial charge on any atom is -0.494 e. The highest BCUT2D eigenvalue weighted by Gasteiger charge is 2.09. The number of fused-ring (bicyclic) bond motifs is 1. The molecule has 0 aliphatic heterocycles. The molecule has 0 saturated carbocycles. The van der Waals surface area contributed by atoms with Gasteiger partial charge in [-0.3, -0.25) is 4.99 Å². The van der Waals surface area contributed by atoms with Gasteiger partial charge in [0.1, 0.15) is 11.4 Å². The molecular formula is C17H15ClN2O2. The fraction of sp³-hybridized carbons (Fsp3) is 0.118. The summed E-state index contributed by atoms with van der Waals surface area (Å²) < 4.78 is 5.30. The third-order valence-corrected chi connectivity index (χ3v) is 3.68. The maximum absolute atomic E-state index is 10.1. The first-order chi connectivity index (χ1) is 10.6. The molecule has 0 unspecified atom stereocenters. The Morgan fingerprint density at radius 1 is 1.23 bits per heavy atom. The van der Waals surface area contributed by atoms with Gasteiger partial charge in [0.25, 0.3) is 0 Å². The summed E-state index contributed by atoms with van der Waals surface area (Å²) >= 11 is 5.96. The van der Waals surface area contributed by atoms with E-state index in [-0.39, 0.29) is 5.88 Å². The van der Waals surface area contributed by atoms with Crippen LogP contribution in [0.15, 0.2) is 41.4 Å². The van der Waals surface area contributed by atoms with Crippen LogP contribution in [0.1, 0.15) is 11.1 Å². The normalized spacial score (nSPS) is 11.4. The van der Waals surface area contributed by atoms with Gasteiger partial charge in [-0.2, -0.15) is 0 Å². The fourth-order valence-corrected chi connectivity index (χ4v) is 2.51. The van der Waals surface area contributed by atoms with Gasteiger partial charge in [-0.15, -0.1) is 0 Å². The van der Waals surface area contributed by atoms with Crippen LogP contribution in [0.5, 0.6) is 11.6 Å². The van der Waals surface area contributed by atoms with Crippen LogP contribution in [0.4, 0.5) is 5.69 Å². The number of methoxy groups -OCH3 is 1. The number of ether oxygens (including phenoxy) is 1. The van der Waals surface area contributed by atoms with E-state index in [0.29, 0.717) is 22.0 Å². The van der Waals surface area contributed by atoms with Crippen LogP contribution >= 0.6 is 11.6 Å². The Hall–Kier alpha value is -2.46. The number of aromatic nitrogens is 1. The minimum absolute atomic E-state index is 0.0626. The van der Waals surface area contributed by atoms with Gasteiger partial charge in [0.15, 0.2) is 5.88 Å². The quantitative estimate of drug-likeness (QED) is 0.694. The molecule has 3 aromatic rings. The number of nitrogens with zero attached hydrogens (tertiary/aromatic N) is 1. The lowest BCUT2D eigenvalue weighted by Crippen LogP contribution is -1.85. The van der Waals surface area contributed by atoms with E-state index in [4.69, 9.17) is 16.3 Å². The molecule has 0 aliphatic carbocycles. The van der Waals surface area contributed by atoms with Crippen LogP contribution in [0, 0.1) is 6.92 Å². The number of aliphatic imine (C=N–C) groups is 1. The van der Waals surface area contributed by atoms with Crippen LogP contribution in [0.2, 0.25) is 5.02 Å². The van der Waals surface area contributed by atoms with Crippen LogP contribution in [0.3, 0.4) is 0 Å². The maximum atomic E-state index is 10.1. The molecule has 3 rings (SSSR count).